The summed E-state index contributed by atoms with van der Waals surface area (Å²) in [7, 11) is 0. The van der Waals surface area contributed by atoms with Crippen LogP contribution in [-0.4, -0.2) is 36.2 Å². The highest BCUT2D eigenvalue weighted by molar-refractivity contribution is 6.35. The molecule has 7 heteroatoms. The fraction of sp³-hybridized carbons (Fsp3) is 0.429. The fourth-order valence-corrected chi connectivity index (χ4v) is 2.62. The van der Waals surface area contributed by atoms with Crippen molar-refractivity contribution < 1.29 is 19.4 Å². The molecule has 0 saturated carbocycles. The molecule has 1 aliphatic heterocycles. The maximum Gasteiger partial charge on any atom is 0.326 e. The smallest absolute Gasteiger partial charge is 0.326 e. The first-order chi connectivity index (χ1) is 9.97. The average Bonchev–Trinajstić information content (AvgIpc) is 2.94. The van der Waals surface area contributed by atoms with Crippen LogP contribution in [0.1, 0.15) is 12.0 Å². The molecule has 0 aliphatic carbocycles. The molecule has 5 nitrogen and oxygen atoms in total. The molecule has 2 N–H and O–H groups in total. The van der Waals surface area contributed by atoms with Gasteiger partial charge in [0, 0.05) is 23.1 Å². The molecule has 1 saturated heterocycles. The molecular weight excluding hydrogens is 317 g/mol. The lowest BCUT2D eigenvalue weighted by Crippen LogP contribution is -2.45. The van der Waals surface area contributed by atoms with E-state index in [1.807, 2.05) is 0 Å². The molecule has 0 bridgehead atoms. The number of carboxylic acids is 1. The Hall–Kier alpha value is -1.30. The van der Waals surface area contributed by atoms with Crippen LogP contribution in [0.25, 0.3) is 0 Å². The van der Waals surface area contributed by atoms with Crippen LogP contribution in [0.4, 0.5) is 0 Å². The molecule has 1 heterocycles. The van der Waals surface area contributed by atoms with E-state index in [0.717, 1.165) is 0 Å². The molecule has 1 aromatic rings. The summed E-state index contributed by atoms with van der Waals surface area (Å²) in [5.74, 6) is -1.69. The van der Waals surface area contributed by atoms with Gasteiger partial charge in [-0.3, -0.25) is 4.79 Å². The second-order valence-electron chi connectivity index (χ2n) is 4.90. The van der Waals surface area contributed by atoms with E-state index in [0.29, 0.717) is 35.2 Å². The monoisotopic (exact) mass is 331 g/mol. The van der Waals surface area contributed by atoms with E-state index in [4.69, 9.17) is 27.9 Å². The zero-order valence-electron chi connectivity index (χ0n) is 11.1. The SMILES string of the molecule is O=C(N[C@@H](Cc1ccc(Cl)cc1Cl)C(=O)O)[C@H]1CCOC1. The number of carbonyl (C=O) groups is 2. The number of hydrogen-bond acceptors (Lipinski definition) is 3. The number of benzene rings is 1. The van der Waals surface area contributed by atoms with Crippen molar-refractivity contribution in [2.75, 3.05) is 13.2 Å². The molecule has 2 rings (SSSR count). The molecule has 2 atom stereocenters. The number of nitrogens with one attached hydrogen (secondary N) is 1. The highest BCUT2D eigenvalue weighted by atomic mass is 35.5. The van der Waals surface area contributed by atoms with Crippen LogP contribution in [-0.2, 0) is 20.7 Å². The zero-order valence-corrected chi connectivity index (χ0v) is 12.7. The lowest BCUT2D eigenvalue weighted by Gasteiger charge is -2.17. The molecule has 114 valence electrons. The Balaban J connectivity index is 2.04. The van der Waals surface area contributed by atoms with Gasteiger partial charge in [0.25, 0.3) is 0 Å². The van der Waals surface area contributed by atoms with Crippen molar-refractivity contribution in [3.05, 3.63) is 33.8 Å². The normalized spacial score (nSPS) is 19.2. The number of carboxylic acid groups (broad SMARTS) is 1. The van der Waals surface area contributed by atoms with Crippen molar-refractivity contribution in [2.24, 2.45) is 5.92 Å². The lowest BCUT2D eigenvalue weighted by atomic mass is 10.0. The first-order valence-electron chi connectivity index (χ1n) is 6.52. The Bertz CT molecular complexity index is 544. The number of ether oxygens (including phenoxy) is 1. The fourth-order valence-electron chi connectivity index (χ4n) is 2.14. The molecule has 1 amide bonds. The largest absolute Gasteiger partial charge is 0.480 e. The second kappa shape index (κ2) is 7.11. The van der Waals surface area contributed by atoms with Gasteiger partial charge in [0.2, 0.25) is 5.91 Å². The van der Waals surface area contributed by atoms with Crippen LogP contribution in [0.15, 0.2) is 18.2 Å². The average molecular weight is 332 g/mol. The van der Waals surface area contributed by atoms with Gasteiger partial charge in [-0.2, -0.15) is 0 Å². The Kier molecular flexibility index (Phi) is 5.45. The summed E-state index contributed by atoms with van der Waals surface area (Å²) in [6.45, 7) is 0.860. The predicted octanol–water partition coefficient (Wildman–Crippen LogP) is 2.14. The molecule has 0 aromatic heterocycles. The molecule has 1 aliphatic rings. The molecule has 21 heavy (non-hydrogen) atoms. The highest BCUT2D eigenvalue weighted by Crippen LogP contribution is 2.22. The van der Waals surface area contributed by atoms with E-state index < -0.39 is 12.0 Å². The van der Waals surface area contributed by atoms with Gasteiger partial charge in [0.1, 0.15) is 6.04 Å². The van der Waals surface area contributed by atoms with Gasteiger partial charge in [0.05, 0.1) is 12.5 Å². The Morgan fingerprint density at radius 3 is 2.76 bits per heavy atom. The van der Waals surface area contributed by atoms with Crippen molar-refractivity contribution >= 4 is 35.1 Å². The van der Waals surface area contributed by atoms with Crippen LogP contribution >= 0.6 is 23.2 Å². The highest BCUT2D eigenvalue weighted by Gasteiger charge is 2.28. The van der Waals surface area contributed by atoms with Crippen molar-refractivity contribution in [2.45, 2.75) is 18.9 Å². The van der Waals surface area contributed by atoms with Crippen LogP contribution < -0.4 is 5.32 Å². The maximum atomic E-state index is 12.0. The summed E-state index contributed by atoms with van der Waals surface area (Å²) in [4.78, 5) is 23.3. The number of aliphatic carboxylic acids is 1. The van der Waals surface area contributed by atoms with Crippen molar-refractivity contribution in [3.63, 3.8) is 0 Å². The number of hydrogen-bond donors (Lipinski definition) is 2. The molecule has 0 radical (unpaired) electrons. The second-order valence-corrected chi connectivity index (χ2v) is 5.74. The van der Waals surface area contributed by atoms with E-state index >= 15 is 0 Å². The van der Waals surface area contributed by atoms with E-state index in [1.165, 1.54) is 0 Å². The summed E-state index contributed by atoms with van der Waals surface area (Å²) in [5, 5.41) is 12.7. The summed E-state index contributed by atoms with van der Waals surface area (Å²) < 4.78 is 5.13. The van der Waals surface area contributed by atoms with Gasteiger partial charge in [-0.05, 0) is 24.1 Å². The van der Waals surface area contributed by atoms with Gasteiger partial charge < -0.3 is 15.2 Å². The third-order valence-electron chi connectivity index (χ3n) is 3.35. The van der Waals surface area contributed by atoms with Crippen molar-refractivity contribution in [3.8, 4) is 0 Å². The van der Waals surface area contributed by atoms with E-state index in [-0.39, 0.29) is 18.2 Å². The van der Waals surface area contributed by atoms with E-state index in [1.54, 1.807) is 18.2 Å². The third kappa shape index (κ3) is 4.33. The first-order valence-corrected chi connectivity index (χ1v) is 7.28. The summed E-state index contributed by atoms with van der Waals surface area (Å²) in [6.07, 6.45) is 0.713. The molecule has 1 fully saturated rings. The van der Waals surface area contributed by atoms with Gasteiger partial charge in [-0.25, -0.2) is 4.79 Å². The summed E-state index contributed by atoms with van der Waals surface area (Å²) in [6, 6.07) is 3.81. The topological polar surface area (TPSA) is 75.6 Å². The third-order valence-corrected chi connectivity index (χ3v) is 3.94. The van der Waals surface area contributed by atoms with E-state index in [9.17, 15) is 14.7 Å². The molecule has 0 spiro atoms. The summed E-state index contributed by atoms with van der Waals surface area (Å²) in [5.41, 5.74) is 0.622. The van der Waals surface area contributed by atoms with Gasteiger partial charge in [-0.1, -0.05) is 29.3 Å². The van der Waals surface area contributed by atoms with E-state index in [2.05, 4.69) is 5.32 Å². The molecule has 1 aromatic carbocycles. The van der Waals surface area contributed by atoms with Crippen LogP contribution in [0.2, 0.25) is 10.0 Å². The molecule has 0 unspecified atom stereocenters. The maximum absolute atomic E-state index is 12.0. The Labute approximate surface area is 132 Å². The number of halogens is 2. The number of carbonyl (C=O) groups excluding carboxylic acids is 1. The lowest BCUT2D eigenvalue weighted by molar-refractivity contribution is -0.142. The Morgan fingerprint density at radius 2 is 2.19 bits per heavy atom. The molecular formula is C14H15Cl2NO4. The van der Waals surface area contributed by atoms with Crippen LogP contribution in [0.5, 0.6) is 0 Å². The zero-order chi connectivity index (χ0) is 15.4. The quantitative estimate of drug-likeness (QED) is 0.866. The van der Waals surface area contributed by atoms with Gasteiger partial charge in [-0.15, -0.1) is 0 Å². The van der Waals surface area contributed by atoms with Crippen molar-refractivity contribution in [1.82, 2.24) is 5.32 Å². The predicted molar refractivity (Wildman–Crippen MR) is 78.7 cm³/mol. The number of rotatable bonds is 5. The van der Waals surface area contributed by atoms with Gasteiger partial charge in [0.15, 0.2) is 0 Å². The summed E-state index contributed by atoms with van der Waals surface area (Å²) >= 11 is 11.8. The minimum absolute atomic E-state index is 0.102. The van der Waals surface area contributed by atoms with Crippen molar-refractivity contribution in [1.29, 1.82) is 0 Å². The number of amides is 1. The minimum Gasteiger partial charge on any atom is -0.480 e. The van der Waals surface area contributed by atoms with Crippen LogP contribution in [0, 0.1) is 5.92 Å². The van der Waals surface area contributed by atoms with Gasteiger partial charge >= 0.3 is 5.97 Å². The standard InChI is InChI=1S/C14H15Cl2NO4/c15-10-2-1-8(11(16)6-10)5-12(14(19)20)17-13(18)9-3-4-21-7-9/h1-2,6,9,12H,3-5,7H2,(H,17,18)(H,19,20)/t9-,12-/m0/s1. The van der Waals surface area contributed by atoms with Crippen LogP contribution in [0.3, 0.4) is 0 Å². The Morgan fingerprint density at radius 1 is 1.43 bits per heavy atom. The minimum atomic E-state index is -1.10. The first kappa shape index (κ1) is 16.1.